The van der Waals surface area contributed by atoms with E-state index in [1.165, 1.54) is 22.5 Å². The van der Waals surface area contributed by atoms with Crippen LogP contribution < -0.4 is 10.9 Å². The number of rotatable bonds is 6. The van der Waals surface area contributed by atoms with E-state index in [4.69, 9.17) is 0 Å². The van der Waals surface area contributed by atoms with Crippen LogP contribution in [0.5, 0.6) is 0 Å². The lowest BCUT2D eigenvalue weighted by Crippen LogP contribution is -2.24. The molecule has 3 aromatic rings. The molecule has 0 aliphatic carbocycles. The van der Waals surface area contributed by atoms with Crippen molar-refractivity contribution in [3.05, 3.63) is 64.3 Å². The number of nitrogens with zero attached hydrogens (tertiary/aromatic N) is 1. The van der Waals surface area contributed by atoms with Crippen molar-refractivity contribution in [3.63, 3.8) is 0 Å². The van der Waals surface area contributed by atoms with Crippen LogP contribution in [0.4, 0.5) is 5.82 Å². The van der Waals surface area contributed by atoms with E-state index in [0.29, 0.717) is 12.2 Å². The van der Waals surface area contributed by atoms with Gasteiger partial charge in [-0.05, 0) is 30.0 Å². The molecule has 2 N–H and O–H groups in total. The van der Waals surface area contributed by atoms with Gasteiger partial charge in [-0.2, -0.15) is 0 Å². The van der Waals surface area contributed by atoms with Crippen LogP contribution in [0.3, 0.4) is 0 Å². The van der Waals surface area contributed by atoms with Crippen molar-refractivity contribution in [2.45, 2.75) is 22.8 Å². The zero-order valence-electron chi connectivity index (χ0n) is 13.1. The molecular weight excluding hydrogens is 342 g/mol. The number of hydrogen-bond donors (Lipinski definition) is 2. The van der Waals surface area contributed by atoms with Gasteiger partial charge in [0.05, 0.1) is 15.1 Å². The Morgan fingerprint density at radius 3 is 2.75 bits per heavy atom. The molecule has 0 aliphatic rings. The molecule has 0 radical (unpaired) electrons. The molecule has 2 aromatic heterocycles. The fourth-order valence-corrected chi connectivity index (χ4v) is 4.19. The number of amides is 1. The number of anilines is 1. The van der Waals surface area contributed by atoms with Gasteiger partial charge >= 0.3 is 0 Å². The molecule has 0 aliphatic heterocycles. The van der Waals surface area contributed by atoms with E-state index in [9.17, 15) is 9.59 Å². The first-order valence-corrected chi connectivity index (χ1v) is 9.32. The van der Waals surface area contributed by atoms with Crippen LogP contribution in [0.2, 0.25) is 0 Å². The Labute approximate surface area is 147 Å². The molecule has 124 valence electrons. The predicted molar refractivity (Wildman–Crippen MR) is 99.3 cm³/mol. The van der Waals surface area contributed by atoms with Crippen LogP contribution in [0.25, 0.3) is 5.69 Å². The molecule has 0 fully saturated rings. The molecule has 0 bridgehead atoms. The van der Waals surface area contributed by atoms with Crippen molar-refractivity contribution in [3.8, 4) is 5.69 Å². The fraction of sp³-hybridized carbons (Fsp3) is 0.176. The molecule has 1 amide bonds. The van der Waals surface area contributed by atoms with E-state index in [1.807, 2.05) is 54.8 Å². The van der Waals surface area contributed by atoms with Gasteiger partial charge in [0.15, 0.2) is 0 Å². The minimum atomic E-state index is -0.213. The van der Waals surface area contributed by atoms with Crippen LogP contribution in [0.1, 0.15) is 13.3 Å². The Morgan fingerprint density at radius 1 is 1.29 bits per heavy atom. The number of carbonyl (C=O) groups is 1. The predicted octanol–water partition coefficient (Wildman–Crippen LogP) is 3.74. The van der Waals surface area contributed by atoms with Crippen molar-refractivity contribution in [2.24, 2.45) is 0 Å². The summed E-state index contributed by atoms with van der Waals surface area (Å²) in [6.07, 6.45) is 0.706. The number of hydrogen-bond acceptors (Lipinski definition) is 4. The van der Waals surface area contributed by atoms with Crippen LogP contribution in [-0.2, 0) is 4.79 Å². The molecule has 5 nitrogen and oxygen atoms in total. The highest BCUT2D eigenvalue weighted by Gasteiger charge is 2.19. The summed E-state index contributed by atoms with van der Waals surface area (Å²) in [7, 11) is 0. The van der Waals surface area contributed by atoms with Crippen molar-refractivity contribution in [1.82, 2.24) is 9.78 Å². The van der Waals surface area contributed by atoms with Crippen molar-refractivity contribution in [2.75, 3.05) is 5.32 Å². The summed E-state index contributed by atoms with van der Waals surface area (Å²) in [6.45, 7) is 1.97. The second kappa shape index (κ2) is 7.55. The topological polar surface area (TPSA) is 66.9 Å². The van der Waals surface area contributed by atoms with Gasteiger partial charge in [-0.25, -0.2) is 4.68 Å². The van der Waals surface area contributed by atoms with Gasteiger partial charge in [-0.3, -0.25) is 14.7 Å². The third-order valence-electron chi connectivity index (χ3n) is 3.41. The second-order valence-electron chi connectivity index (χ2n) is 5.12. The summed E-state index contributed by atoms with van der Waals surface area (Å²) in [5.74, 6) is 0.288. The number of thiophene rings is 1. The summed E-state index contributed by atoms with van der Waals surface area (Å²) in [6, 6.07) is 14.6. The first kappa shape index (κ1) is 16.6. The van der Waals surface area contributed by atoms with Crippen LogP contribution in [0.15, 0.2) is 62.9 Å². The Kier molecular flexibility index (Phi) is 5.22. The molecule has 0 saturated heterocycles. The highest BCUT2D eigenvalue weighted by atomic mass is 32.2. The number of benzene rings is 1. The normalized spacial score (nSPS) is 12.0. The summed E-state index contributed by atoms with van der Waals surface area (Å²) in [4.78, 5) is 24.6. The van der Waals surface area contributed by atoms with Crippen molar-refractivity contribution >= 4 is 34.8 Å². The Bertz CT molecular complexity index is 854. The van der Waals surface area contributed by atoms with E-state index in [2.05, 4.69) is 10.4 Å². The number of carbonyl (C=O) groups excluding carboxylic acids is 1. The first-order valence-electron chi connectivity index (χ1n) is 7.56. The number of thioether (sulfide) groups is 1. The number of nitrogens with one attached hydrogen (secondary N) is 2. The first-order chi connectivity index (χ1) is 11.7. The molecule has 7 heteroatoms. The monoisotopic (exact) mass is 359 g/mol. The quantitative estimate of drug-likeness (QED) is 0.659. The Hall–Kier alpha value is -2.25. The number of aromatic nitrogens is 2. The lowest BCUT2D eigenvalue weighted by Gasteiger charge is -2.12. The molecule has 1 atom stereocenters. The lowest BCUT2D eigenvalue weighted by atomic mass is 10.3. The van der Waals surface area contributed by atoms with Gasteiger partial charge in [0.2, 0.25) is 5.91 Å². The maximum atomic E-state index is 12.5. The van der Waals surface area contributed by atoms with Gasteiger partial charge in [0.1, 0.15) is 5.82 Å². The second-order valence-corrected chi connectivity index (χ2v) is 7.57. The molecule has 0 spiro atoms. The highest BCUT2D eigenvalue weighted by molar-refractivity contribution is 8.02. The molecule has 2 heterocycles. The largest absolute Gasteiger partial charge is 0.310 e. The maximum Gasteiger partial charge on any atom is 0.273 e. The number of aromatic amines is 1. The van der Waals surface area contributed by atoms with Gasteiger partial charge in [0.25, 0.3) is 5.56 Å². The zero-order valence-corrected chi connectivity index (χ0v) is 14.7. The van der Waals surface area contributed by atoms with E-state index >= 15 is 0 Å². The SMILES string of the molecule is CCC(Sc1cccs1)C(=O)Nc1cc(=O)n(-c2ccccc2)[nH]1. The lowest BCUT2D eigenvalue weighted by molar-refractivity contribution is -0.115. The maximum absolute atomic E-state index is 12.5. The van der Waals surface area contributed by atoms with Gasteiger partial charge < -0.3 is 5.32 Å². The van der Waals surface area contributed by atoms with E-state index < -0.39 is 0 Å². The van der Waals surface area contributed by atoms with E-state index in [1.54, 1.807) is 11.3 Å². The number of para-hydroxylation sites is 1. The molecule has 1 unspecified atom stereocenters. The van der Waals surface area contributed by atoms with Crippen molar-refractivity contribution < 1.29 is 4.79 Å². The van der Waals surface area contributed by atoms with E-state index in [-0.39, 0.29) is 16.7 Å². The smallest absolute Gasteiger partial charge is 0.273 e. The minimum Gasteiger partial charge on any atom is -0.310 e. The summed E-state index contributed by atoms with van der Waals surface area (Å²) < 4.78 is 2.51. The van der Waals surface area contributed by atoms with Crippen LogP contribution in [-0.4, -0.2) is 20.9 Å². The van der Waals surface area contributed by atoms with E-state index in [0.717, 1.165) is 9.90 Å². The highest BCUT2D eigenvalue weighted by Crippen LogP contribution is 2.29. The standard InChI is InChI=1S/C17H17N3O2S2/c1-2-13(24-16-9-6-10-23-16)17(22)18-14-11-15(21)20(19-14)12-7-4-3-5-8-12/h3-11,13,19H,2H2,1H3,(H,18,22). The summed E-state index contributed by atoms with van der Waals surface area (Å²) >= 11 is 3.15. The number of H-pyrrole nitrogens is 1. The van der Waals surface area contributed by atoms with Crippen LogP contribution in [0, 0.1) is 0 Å². The zero-order chi connectivity index (χ0) is 16.9. The summed E-state index contributed by atoms with van der Waals surface area (Å²) in [5, 5.41) is 7.53. The Morgan fingerprint density at radius 2 is 2.08 bits per heavy atom. The molecule has 1 aromatic carbocycles. The van der Waals surface area contributed by atoms with Gasteiger partial charge in [-0.15, -0.1) is 23.1 Å². The average molecular weight is 359 g/mol. The van der Waals surface area contributed by atoms with Crippen LogP contribution >= 0.6 is 23.1 Å². The van der Waals surface area contributed by atoms with Gasteiger partial charge in [0, 0.05) is 6.07 Å². The molecular formula is C17H17N3O2S2. The average Bonchev–Trinajstić information content (AvgIpc) is 3.23. The molecule has 0 saturated carbocycles. The fourth-order valence-electron chi connectivity index (χ4n) is 2.23. The minimum absolute atomic E-state index is 0.114. The Balaban J connectivity index is 1.73. The summed E-state index contributed by atoms with van der Waals surface area (Å²) in [5.41, 5.74) is 0.512. The third-order valence-corrected chi connectivity index (χ3v) is 5.85. The van der Waals surface area contributed by atoms with Crippen molar-refractivity contribution in [1.29, 1.82) is 0 Å². The molecule has 3 rings (SSSR count). The van der Waals surface area contributed by atoms with Gasteiger partial charge in [-0.1, -0.05) is 31.2 Å². The third kappa shape index (κ3) is 3.80. The molecule has 24 heavy (non-hydrogen) atoms.